The Labute approximate surface area is 129 Å². The molecule has 1 aromatic carbocycles. The van der Waals surface area contributed by atoms with E-state index in [0.29, 0.717) is 6.61 Å². The Morgan fingerprint density at radius 1 is 1.30 bits per heavy atom. The molecule has 0 saturated heterocycles. The number of hydrogen-bond donors (Lipinski definition) is 1. The highest BCUT2D eigenvalue weighted by Gasteiger charge is 2.18. The lowest BCUT2D eigenvalue weighted by molar-refractivity contribution is 0.197. The molecule has 0 radical (unpaired) electrons. The van der Waals surface area contributed by atoms with Gasteiger partial charge < -0.3 is 10.1 Å². The van der Waals surface area contributed by atoms with E-state index in [1.165, 1.54) is 10.4 Å². The third kappa shape index (κ3) is 3.79. The molecular weight excluding hydrogens is 292 g/mol. The minimum atomic E-state index is 0.0832. The van der Waals surface area contributed by atoms with Crippen LogP contribution < -0.4 is 5.32 Å². The number of aryl methyl sites for hydroxylation is 2. The molecule has 5 heteroatoms. The number of benzene rings is 1. The van der Waals surface area contributed by atoms with Crippen molar-refractivity contribution in [3.05, 3.63) is 50.4 Å². The summed E-state index contributed by atoms with van der Waals surface area (Å²) in [6.07, 6.45) is 0. The molecule has 3 nitrogen and oxygen atoms in total. The van der Waals surface area contributed by atoms with Gasteiger partial charge in [0.25, 0.3) is 0 Å². The van der Waals surface area contributed by atoms with Crippen LogP contribution in [0, 0.1) is 13.8 Å². The quantitative estimate of drug-likeness (QED) is 0.825. The second kappa shape index (κ2) is 7.18. The minimum Gasteiger partial charge on any atom is -0.383 e. The Kier molecular flexibility index (Phi) is 5.54. The van der Waals surface area contributed by atoms with Crippen molar-refractivity contribution < 1.29 is 4.74 Å². The van der Waals surface area contributed by atoms with E-state index in [9.17, 15) is 0 Å². The van der Waals surface area contributed by atoms with Gasteiger partial charge in [-0.1, -0.05) is 23.7 Å². The Bertz CT molecular complexity index is 534. The lowest BCUT2D eigenvalue weighted by atomic mass is 10.1. The van der Waals surface area contributed by atoms with Gasteiger partial charge in [-0.15, -0.1) is 11.3 Å². The molecule has 0 aliphatic carbocycles. The van der Waals surface area contributed by atoms with E-state index >= 15 is 0 Å². The zero-order valence-electron chi connectivity index (χ0n) is 11.9. The van der Waals surface area contributed by atoms with Gasteiger partial charge in [-0.3, -0.25) is 0 Å². The first-order valence-electron chi connectivity index (χ1n) is 6.53. The van der Waals surface area contributed by atoms with Crippen molar-refractivity contribution in [2.75, 3.05) is 20.3 Å². The third-order valence-electron chi connectivity index (χ3n) is 3.15. The van der Waals surface area contributed by atoms with Crippen LogP contribution in [0.5, 0.6) is 0 Å². The summed E-state index contributed by atoms with van der Waals surface area (Å²) in [6.45, 7) is 5.60. The SMILES string of the molecule is COCCNC(c1ccc(Cl)cc1)c1nc(C)c(C)s1. The van der Waals surface area contributed by atoms with Gasteiger partial charge in [0.05, 0.1) is 18.3 Å². The minimum absolute atomic E-state index is 0.0832. The first-order chi connectivity index (χ1) is 9.61. The molecule has 20 heavy (non-hydrogen) atoms. The number of thiazole rings is 1. The van der Waals surface area contributed by atoms with Crippen LogP contribution in [0.1, 0.15) is 27.2 Å². The summed E-state index contributed by atoms with van der Waals surface area (Å²) in [4.78, 5) is 5.93. The van der Waals surface area contributed by atoms with Gasteiger partial charge in [-0.2, -0.15) is 0 Å². The number of aromatic nitrogens is 1. The number of methoxy groups -OCH3 is 1. The highest BCUT2D eigenvalue weighted by molar-refractivity contribution is 7.11. The van der Waals surface area contributed by atoms with Crippen LogP contribution in [-0.4, -0.2) is 25.2 Å². The maximum atomic E-state index is 5.97. The van der Waals surface area contributed by atoms with Crippen LogP contribution in [0.4, 0.5) is 0 Å². The van der Waals surface area contributed by atoms with Gasteiger partial charge in [0.2, 0.25) is 0 Å². The Morgan fingerprint density at radius 3 is 2.55 bits per heavy atom. The first-order valence-corrected chi connectivity index (χ1v) is 7.73. The predicted molar refractivity (Wildman–Crippen MR) is 84.8 cm³/mol. The van der Waals surface area contributed by atoms with Gasteiger partial charge in [-0.25, -0.2) is 4.98 Å². The van der Waals surface area contributed by atoms with Crippen LogP contribution in [0.25, 0.3) is 0 Å². The molecule has 2 aromatic rings. The Balaban J connectivity index is 2.26. The van der Waals surface area contributed by atoms with Crippen molar-refractivity contribution >= 4 is 22.9 Å². The number of ether oxygens (including phenoxy) is 1. The fraction of sp³-hybridized carbons (Fsp3) is 0.400. The monoisotopic (exact) mass is 310 g/mol. The number of nitrogens with zero attached hydrogens (tertiary/aromatic N) is 1. The van der Waals surface area contributed by atoms with E-state index in [-0.39, 0.29) is 6.04 Å². The van der Waals surface area contributed by atoms with Crippen LogP contribution >= 0.6 is 22.9 Å². The van der Waals surface area contributed by atoms with Gasteiger partial charge in [0, 0.05) is 23.6 Å². The molecule has 0 aliphatic rings. The van der Waals surface area contributed by atoms with E-state index in [2.05, 4.69) is 17.2 Å². The molecule has 0 amide bonds. The maximum absolute atomic E-state index is 5.97. The molecule has 1 heterocycles. The molecule has 1 aromatic heterocycles. The highest BCUT2D eigenvalue weighted by Crippen LogP contribution is 2.28. The topological polar surface area (TPSA) is 34.1 Å². The summed E-state index contributed by atoms with van der Waals surface area (Å²) in [6, 6.07) is 7.99. The number of rotatable bonds is 6. The molecule has 0 aliphatic heterocycles. The summed E-state index contributed by atoms with van der Waals surface area (Å²) in [5, 5.41) is 5.32. The van der Waals surface area contributed by atoms with Gasteiger partial charge in [-0.05, 0) is 31.5 Å². The van der Waals surface area contributed by atoms with Crippen LogP contribution in [0.15, 0.2) is 24.3 Å². The van der Waals surface area contributed by atoms with Crippen LogP contribution in [0.3, 0.4) is 0 Å². The molecule has 0 bridgehead atoms. The molecule has 0 spiro atoms. The third-order valence-corrected chi connectivity index (χ3v) is 4.54. The van der Waals surface area contributed by atoms with Crippen molar-refractivity contribution in [2.45, 2.75) is 19.9 Å². The highest BCUT2D eigenvalue weighted by atomic mass is 35.5. The summed E-state index contributed by atoms with van der Waals surface area (Å²) >= 11 is 7.70. The van der Waals surface area contributed by atoms with Crippen molar-refractivity contribution in [2.24, 2.45) is 0 Å². The number of nitrogens with one attached hydrogen (secondary N) is 1. The Hall–Kier alpha value is -0.940. The lowest BCUT2D eigenvalue weighted by Crippen LogP contribution is -2.25. The predicted octanol–water partition coefficient (Wildman–Crippen LogP) is 3.74. The molecule has 0 saturated carbocycles. The largest absolute Gasteiger partial charge is 0.383 e. The van der Waals surface area contributed by atoms with Crippen molar-refractivity contribution in [1.82, 2.24) is 10.3 Å². The average Bonchev–Trinajstić information content (AvgIpc) is 2.76. The fourth-order valence-corrected chi connectivity index (χ4v) is 3.08. The van der Waals surface area contributed by atoms with Crippen molar-refractivity contribution in [1.29, 1.82) is 0 Å². The Morgan fingerprint density at radius 2 is 2.00 bits per heavy atom. The smallest absolute Gasteiger partial charge is 0.115 e. The summed E-state index contributed by atoms with van der Waals surface area (Å²) in [5.74, 6) is 0. The molecule has 1 unspecified atom stereocenters. The summed E-state index contributed by atoms with van der Waals surface area (Å²) < 4.78 is 5.11. The molecule has 2 rings (SSSR count). The second-order valence-electron chi connectivity index (χ2n) is 4.63. The number of hydrogen-bond acceptors (Lipinski definition) is 4. The standard InChI is InChI=1S/C15H19ClN2OS/c1-10-11(2)20-15(18-10)14(17-8-9-19-3)12-4-6-13(16)7-5-12/h4-7,14,17H,8-9H2,1-3H3. The van der Waals surface area contributed by atoms with Crippen LogP contribution in [-0.2, 0) is 4.74 Å². The molecule has 108 valence electrons. The summed E-state index contributed by atoms with van der Waals surface area (Å²) in [7, 11) is 1.71. The van der Waals surface area contributed by atoms with Crippen molar-refractivity contribution in [3.63, 3.8) is 0 Å². The van der Waals surface area contributed by atoms with E-state index in [1.807, 2.05) is 31.2 Å². The van der Waals surface area contributed by atoms with Gasteiger partial charge in [0.15, 0.2) is 0 Å². The lowest BCUT2D eigenvalue weighted by Gasteiger charge is -2.17. The molecular formula is C15H19ClN2OS. The van der Waals surface area contributed by atoms with Crippen molar-refractivity contribution in [3.8, 4) is 0 Å². The fourth-order valence-electron chi connectivity index (χ4n) is 1.93. The van der Waals surface area contributed by atoms with E-state index in [0.717, 1.165) is 22.3 Å². The van der Waals surface area contributed by atoms with Gasteiger partial charge in [0.1, 0.15) is 5.01 Å². The number of halogens is 1. The second-order valence-corrected chi connectivity index (χ2v) is 6.30. The van der Waals surface area contributed by atoms with Gasteiger partial charge >= 0.3 is 0 Å². The molecule has 0 fully saturated rings. The van der Waals surface area contributed by atoms with E-state index in [1.54, 1.807) is 18.4 Å². The summed E-state index contributed by atoms with van der Waals surface area (Å²) in [5.41, 5.74) is 2.26. The maximum Gasteiger partial charge on any atom is 0.115 e. The normalized spacial score (nSPS) is 12.6. The zero-order valence-corrected chi connectivity index (χ0v) is 13.5. The van der Waals surface area contributed by atoms with E-state index in [4.69, 9.17) is 16.3 Å². The first kappa shape index (κ1) is 15.4. The zero-order chi connectivity index (χ0) is 14.5. The molecule has 1 atom stereocenters. The van der Waals surface area contributed by atoms with E-state index < -0.39 is 0 Å². The van der Waals surface area contributed by atoms with Crippen LogP contribution in [0.2, 0.25) is 5.02 Å². The average molecular weight is 311 g/mol. The molecule has 1 N–H and O–H groups in total.